The summed E-state index contributed by atoms with van der Waals surface area (Å²) in [6.45, 7) is 0. The molecule has 0 spiro atoms. The molecule has 3 heterocycles. The van der Waals surface area contributed by atoms with Crippen LogP contribution in [0, 0.1) is 0 Å². The molecule has 0 aliphatic heterocycles. The Hall–Kier alpha value is -1.99. The van der Waals surface area contributed by atoms with Crippen LogP contribution in [0.25, 0.3) is 11.3 Å². The van der Waals surface area contributed by atoms with Gasteiger partial charge in [-0.15, -0.1) is 11.3 Å². The Morgan fingerprint density at radius 1 is 1.44 bits per heavy atom. The molecule has 0 radical (unpaired) electrons. The SMILES string of the molecule is O=C(Nc1cc(-c2ccsc2)[nH]n1)c1cncs1. The summed E-state index contributed by atoms with van der Waals surface area (Å²) in [6, 6.07) is 3.80. The zero-order valence-electron chi connectivity index (χ0n) is 9.08. The number of nitrogens with zero attached hydrogens (tertiary/aromatic N) is 2. The van der Waals surface area contributed by atoms with Crippen molar-refractivity contribution in [3.8, 4) is 11.3 Å². The fourth-order valence-corrected chi connectivity index (χ4v) is 2.63. The normalized spacial score (nSPS) is 10.4. The van der Waals surface area contributed by atoms with Crippen molar-refractivity contribution >= 4 is 34.4 Å². The molecule has 0 fully saturated rings. The van der Waals surface area contributed by atoms with E-state index >= 15 is 0 Å². The first kappa shape index (κ1) is 11.1. The van der Waals surface area contributed by atoms with E-state index in [-0.39, 0.29) is 5.91 Å². The second kappa shape index (κ2) is 4.71. The van der Waals surface area contributed by atoms with Crippen molar-refractivity contribution < 1.29 is 4.79 Å². The number of thiophene rings is 1. The Labute approximate surface area is 111 Å². The summed E-state index contributed by atoms with van der Waals surface area (Å²) in [5, 5.41) is 13.7. The first-order valence-corrected chi connectivity index (χ1v) is 6.93. The highest BCUT2D eigenvalue weighted by molar-refractivity contribution is 7.11. The van der Waals surface area contributed by atoms with Gasteiger partial charge in [0.2, 0.25) is 0 Å². The van der Waals surface area contributed by atoms with E-state index < -0.39 is 0 Å². The molecular formula is C11H8N4OS2. The largest absolute Gasteiger partial charge is 0.304 e. The predicted octanol–water partition coefficient (Wildman–Crippen LogP) is 2.85. The van der Waals surface area contributed by atoms with Crippen LogP contribution in [-0.2, 0) is 0 Å². The summed E-state index contributed by atoms with van der Waals surface area (Å²) in [6.07, 6.45) is 1.53. The van der Waals surface area contributed by atoms with Crippen LogP contribution < -0.4 is 5.32 Å². The average Bonchev–Trinajstić information content (AvgIpc) is 3.12. The monoisotopic (exact) mass is 276 g/mol. The molecule has 90 valence electrons. The lowest BCUT2D eigenvalue weighted by atomic mass is 10.2. The lowest BCUT2D eigenvalue weighted by molar-refractivity contribution is 0.103. The van der Waals surface area contributed by atoms with E-state index in [1.165, 1.54) is 17.5 Å². The first-order valence-electron chi connectivity index (χ1n) is 5.11. The summed E-state index contributed by atoms with van der Waals surface area (Å²) < 4.78 is 0. The van der Waals surface area contributed by atoms with Crippen molar-refractivity contribution in [1.82, 2.24) is 15.2 Å². The van der Waals surface area contributed by atoms with Gasteiger partial charge in [-0.1, -0.05) is 0 Å². The zero-order chi connectivity index (χ0) is 12.4. The maximum absolute atomic E-state index is 11.8. The summed E-state index contributed by atoms with van der Waals surface area (Å²) in [7, 11) is 0. The van der Waals surface area contributed by atoms with Gasteiger partial charge in [0.25, 0.3) is 5.91 Å². The van der Waals surface area contributed by atoms with Crippen LogP contribution in [0.5, 0.6) is 0 Å². The minimum Gasteiger partial charge on any atom is -0.304 e. The Kier molecular flexibility index (Phi) is 2.91. The lowest BCUT2D eigenvalue weighted by Crippen LogP contribution is -2.10. The van der Waals surface area contributed by atoms with Gasteiger partial charge in [-0.2, -0.15) is 16.4 Å². The number of carbonyl (C=O) groups excluding carboxylic acids is 1. The number of amides is 1. The standard InChI is InChI=1S/C11H8N4OS2/c16-11(9-4-12-6-18-9)13-10-3-8(14-15-10)7-1-2-17-5-7/h1-6H,(H2,13,14,15,16). The molecule has 2 N–H and O–H groups in total. The molecule has 0 bridgehead atoms. The molecule has 0 saturated heterocycles. The molecule has 18 heavy (non-hydrogen) atoms. The van der Waals surface area contributed by atoms with Crippen molar-refractivity contribution in [2.75, 3.05) is 5.32 Å². The molecule has 0 aliphatic carbocycles. The van der Waals surface area contributed by atoms with Gasteiger partial charge in [0, 0.05) is 17.0 Å². The van der Waals surface area contributed by atoms with Gasteiger partial charge in [-0.3, -0.25) is 14.9 Å². The molecule has 3 aromatic rings. The lowest BCUT2D eigenvalue weighted by Gasteiger charge is -1.96. The van der Waals surface area contributed by atoms with Gasteiger partial charge in [-0.25, -0.2) is 0 Å². The van der Waals surface area contributed by atoms with Gasteiger partial charge in [0.15, 0.2) is 5.82 Å². The molecular weight excluding hydrogens is 268 g/mol. The van der Waals surface area contributed by atoms with E-state index in [4.69, 9.17) is 0 Å². The Balaban J connectivity index is 1.76. The molecule has 7 heteroatoms. The molecule has 3 rings (SSSR count). The van der Waals surface area contributed by atoms with Crippen LogP contribution in [0.3, 0.4) is 0 Å². The molecule has 1 amide bonds. The number of aromatic amines is 1. The maximum Gasteiger partial charge on any atom is 0.268 e. The minimum atomic E-state index is -0.194. The quantitative estimate of drug-likeness (QED) is 0.772. The number of aromatic nitrogens is 3. The number of thiazole rings is 1. The van der Waals surface area contributed by atoms with Crippen LogP contribution in [0.4, 0.5) is 5.82 Å². The number of anilines is 1. The summed E-state index contributed by atoms with van der Waals surface area (Å²) in [5.74, 6) is 0.315. The minimum absolute atomic E-state index is 0.194. The average molecular weight is 276 g/mol. The van der Waals surface area contributed by atoms with E-state index in [1.807, 2.05) is 16.8 Å². The molecule has 0 aliphatic rings. The smallest absolute Gasteiger partial charge is 0.268 e. The first-order chi connectivity index (χ1) is 8.83. The topological polar surface area (TPSA) is 70.7 Å². The number of rotatable bonds is 3. The fourth-order valence-electron chi connectivity index (χ4n) is 1.46. The summed E-state index contributed by atoms with van der Waals surface area (Å²) >= 11 is 2.91. The Morgan fingerprint density at radius 3 is 3.11 bits per heavy atom. The van der Waals surface area contributed by atoms with Gasteiger partial charge >= 0.3 is 0 Å². The van der Waals surface area contributed by atoms with Crippen molar-refractivity contribution in [1.29, 1.82) is 0 Å². The molecule has 0 unspecified atom stereocenters. The molecule has 3 aromatic heterocycles. The number of nitrogens with one attached hydrogen (secondary N) is 2. The van der Waals surface area contributed by atoms with Crippen molar-refractivity contribution in [2.45, 2.75) is 0 Å². The van der Waals surface area contributed by atoms with Crippen LogP contribution in [0.1, 0.15) is 9.67 Å². The van der Waals surface area contributed by atoms with Crippen LogP contribution >= 0.6 is 22.7 Å². The highest BCUT2D eigenvalue weighted by Crippen LogP contribution is 2.22. The van der Waals surface area contributed by atoms with Gasteiger partial charge < -0.3 is 5.32 Å². The second-order valence-corrected chi connectivity index (χ2v) is 5.17. The van der Waals surface area contributed by atoms with Crippen molar-refractivity contribution in [3.05, 3.63) is 39.5 Å². The van der Waals surface area contributed by atoms with Gasteiger partial charge in [0.1, 0.15) is 4.88 Å². The Bertz CT molecular complexity index is 642. The zero-order valence-corrected chi connectivity index (χ0v) is 10.7. The second-order valence-electron chi connectivity index (χ2n) is 3.50. The third-order valence-corrected chi connectivity index (χ3v) is 3.76. The molecule has 0 saturated carbocycles. The van der Waals surface area contributed by atoms with E-state index in [0.717, 1.165) is 11.3 Å². The van der Waals surface area contributed by atoms with E-state index in [0.29, 0.717) is 10.7 Å². The van der Waals surface area contributed by atoms with Gasteiger partial charge in [-0.05, 0) is 11.4 Å². The third kappa shape index (κ3) is 2.18. The maximum atomic E-state index is 11.8. The highest BCUT2D eigenvalue weighted by atomic mass is 32.1. The van der Waals surface area contributed by atoms with Crippen LogP contribution in [0.15, 0.2) is 34.6 Å². The summed E-state index contributed by atoms with van der Waals surface area (Å²) in [4.78, 5) is 16.2. The summed E-state index contributed by atoms with van der Waals surface area (Å²) in [5.41, 5.74) is 3.57. The Morgan fingerprint density at radius 2 is 2.39 bits per heavy atom. The molecule has 0 atom stereocenters. The van der Waals surface area contributed by atoms with Gasteiger partial charge in [0.05, 0.1) is 17.4 Å². The molecule has 0 aromatic carbocycles. The predicted molar refractivity (Wildman–Crippen MR) is 72.0 cm³/mol. The number of hydrogen-bond donors (Lipinski definition) is 2. The number of carbonyl (C=O) groups is 1. The number of hydrogen-bond acceptors (Lipinski definition) is 5. The van der Waals surface area contributed by atoms with Crippen molar-refractivity contribution in [2.24, 2.45) is 0 Å². The van der Waals surface area contributed by atoms with Crippen molar-refractivity contribution in [3.63, 3.8) is 0 Å². The third-order valence-electron chi connectivity index (χ3n) is 2.31. The van der Waals surface area contributed by atoms with E-state index in [1.54, 1.807) is 22.9 Å². The molecule has 5 nitrogen and oxygen atoms in total. The van der Waals surface area contributed by atoms with Crippen LogP contribution in [-0.4, -0.2) is 21.1 Å². The van der Waals surface area contributed by atoms with E-state index in [9.17, 15) is 4.79 Å². The highest BCUT2D eigenvalue weighted by Gasteiger charge is 2.10. The number of H-pyrrole nitrogens is 1. The van der Waals surface area contributed by atoms with Crippen LogP contribution in [0.2, 0.25) is 0 Å². The fraction of sp³-hybridized carbons (Fsp3) is 0. The van der Waals surface area contributed by atoms with E-state index in [2.05, 4.69) is 20.5 Å².